The second kappa shape index (κ2) is 5.44. The number of ether oxygens (including phenoxy) is 2. The van der Waals surface area contributed by atoms with E-state index in [-0.39, 0.29) is 0 Å². The zero-order valence-electron chi connectivity index (χ0n) is 10.7. The van der Waals surface area contributed by atoms with Crippen LogP contribution in [0.25, 0.3) is 16.8 Å². The highest BCUT2D eigenvalue weighted by Crippen LogP contribution is 2.32. The number of rotatable bonds is 4. The number of aliphatic carboxylic acids is 1. The molecule has 0 aliphatic heterocycles. The molecule has 0 radical (unpaired) electrons. The van der Waals surface area contributed by atoms with Crippen molar-refractivity contribution in [3.8, 4) is 11.5 Å². The third-order valence-corrected chi connectivity index (χ3v) is 2.82. The summed E-state index contributed by atoms with van der Waals surface area (Å²) in [4.78, 5) is 10.6. The van der Waals surface area contributed by atoms with Crippen LogP contribution in [-0.4, -0.2) is 25.3 Å². The first-order valence-electron chi connectivity index (χ1n) is 5.71. The van der Waals surface area contributed by atoms with Gasteiger partial charge in [-0.15, -0.1) is 0 Å². The van der Waals surface area contributed by atoms with Crippen LogP contribution in [0.2, 0.25) is 0 Å². The maximum absolute atomic E-state index is 10.6. The van der Waals surface area contributed by atoms with Gasteiger partial charge >= 0.3 is 5.97 Å². The summed E-state index contributed by atoms with van der Waals surface area (Å²) in [7, 11) is 3.16. The predicted octanol–water partition coefficient (Wildman–Crippen LogP) is 2.95. The Kier molecular flexibility index (Phi) is 3.71. The number of carboxylic acids is 1. The molecule has 0 fully saturated rings. The second-order valence-electron chi connectivity index (χ2n) is 3.95. The largest absolute Gasteiger partial charge is 0.496 e. The summed E-state index contributed by atoms with van der Waals surface area (Å²) >= 11 is 0. The summed E-state index contributed by atoms with van der Waals surface area (Å²) < 4.78 is 10.6. The molecule has 0 aromatic heterocycles. The topological polar surface area (TPSA) is 55.8 Å². The predicted molar refractivity (Wildman–Crippen MR) is 73.7 cm³/mol. The number of carbonyl (C=O) groups is 1. The fraction of sp³-hybridized carbons (Fsp3) is 0.133. The standard InChI is InChI=1S/C15H14O4/c1-18-13-5-3-4-10-9-14(19-2)11(8-12(10)13)6-7-15(16)17/h3-9H,1-2H3,(H,16,17)/b7-6+. The first-order valence-corrected chi connectivity index (χ1v) is 5.71. The SMILES string of the molecule is COc1cc2cccc(OC)c2cc1/C=C/C(=O)O. The Balaban J connectivity index is 2.65. The highest BCUT2D eigenvalue weighted by molar-refractivity contribution is 5.93. The third-order valence-electron chi connectivity index (χ3n) is 2.82. The van der Waals surface area contributed by atoms with Crippen molar-refractivity contribution in [3.63, 3.8) is 0 Å². The third kappa shape index (κ3) is 2.68. The summed E-state index contributed by atoms with van der Waals surface area (Å²) in [5, 5.41) is 10.6. The smallest absolute Gasteiger partial charge is 0.328 e. The summed E-state index contributed by atoms with van der Waals surface area (Å²) in [5.41, 5.74) is 0.696. The average Bonchev–Trinajstić information content (AvgIpc) is 2.43. The molecule has 2 rings (SSSR count). The normalized spacial score (nSPS) is 10.8. The molecule has 4 nitrogen and oxygen atoms in total. The molecule has 98 valence electrons. The van der Waals surface area contributed by atoms with Crippen LogP contribution in [0.3, 0.4) is 0 Å². The maximum atomic E-state index is 10.6. The molecule has 0 spiro atoms. The molecule has 0 amide bonds. The Bertz CT molecular complexity index is 644. The number of methoxy groups -OCH3 is 2. The zero-order valence-corrected chi connectivity index (χ0v) is 10.7. The van der Waals surface area contributed by atoms with Crippen LogP contribution in [0, 0.1) is 0 Å². The molecule has 0 heterocycles. The summed E-state index contributed by atoms with van der Waals surface area (Å²) in [5.74, 6) is 0.366. The minimum Gasteiger partial charge on any atom is -0.496 e. The fourth-order valence-corrected chi connectivity index (χ4v) is 1.94. The van der Waals surface area contributed by atoms with Crippen molar-refractivity contribution in [2.45, 2.75) is 0 Å². The van der Waals surface area contributed by atoms with Gasteiger partial charge in [0.1, 0.15) is 11.5 Å². The van der Waals surface area contributed by atoms with E-state index in [1.807, 2.05) is 30.3 Å². The quantitative estimate of drug-likeness (QED) is 0.857. The lowest BCUT2D eigenvalue weighted by Gasteiger charge is -2.10. The Morgan fingerprint density at radius 2 is 1.89 bits per heavy atom. The summed E-state index contributed by atoms with van der Waals surface area (Å²) in [6.45, 7) is 0. The Morgan fingerprint density at radius 1 is 1.16 bits per heavy atom. The van der Waals surface area contributed by atoms with Crippen LogP contribution in [0.5, 0.6) is 11.5 Å². The van der Waals surface area contributed by atoms with Gasteiger partial charge < -0.3 is 14.6 Å². The van der Waals surface area contributed by atoms with Crippen LogP contribution in [0.15, 0.2) is 36.4 Å². The van der Waals surface area contributed by atoms with Crippen molar-refractivity contribution in [2.24, 2.45) is 0 Å². The van der Waals surface area contributed by atoms with Crippen LogP contribution >= 0.6 is 0 Å². The van der Waals surface area contributed by atoms with Gasteiger partial charge in [0.25, 0.3) is 0 Å². The zero-order chi connectivity index (χ0) is 13.8. The molecular formula is C15H14O4. The van der Waals surface area contributed by atoms with E-state index in [2.05, 4.69) is 0 Å². The summed E-state index contributed by atoms with van der Waals surface area (Å²) in [6.07, 6.45) is 2.59. The molecule has 0 saturated heterocycles. The lowest BCUT2D eigenvalue weighted by molar-refractivity contribution is -0.131. The van der Waals surface area contributed by atoms with E-state index in [1.54, 1.807) is 14.2 Å². The van der Waals surface area contributed by atoms with E-state index in [9.17, 15) is 4.79 Å². The molecule has 19 heavy (non-hydrogen) atoms. The number of hydrogen-bond acceptors (Lipinski definition) is 3. The number of fused-ring (bicyclic) bond motifs is 1. The van der Waals surface area contributed by atoms with Gasteiger partial charge in [-0.25, -0.2) is 4.79 Å². The van der Waals surface area contributed by atoms with Gasteiger partial charge in [0, 0.05) is 17.0 Å². The molecule has 0 aliphatic rings. The Morgan fingerprint density at radius 3 is 2.53 bits per heavy atom. The fourth-order valence-electron chi connectivity index (χ4n) is 1.94. The van der Waals surface area contributed by atoms with Crippen molar-refractivity contribution in [2.75, 3.05) is 14.2 Å². The molecule has 0 unspecified atom stereocenters. The van der Waals surface area contributed by atoms with Crippen molar-refractivity contribution in [1.29, 1.82) is 0 Å². The van der Waals surface area contributed by atoms with Crippen molar-refractivity contribution >= 4 is 22.8 Å². The molecule has 2 aromatic rings. The van der Waals surface area contributed by atoms with Gasteiger partial charge in [0.2, 0.25) is 0 Å². The second-order valence-corrected chi connectivity index (χ2v) is 3.95. The molecule has 0 atom stereocenters. The van der Waals surface area contributed by atoms with Crippen LogP contribution in [0.1, 0.15) is 5.56 Å². The Hall–Kier alpha value is -2.49. The van der Waals surface area contributed by atoms with Crippen molar-refractivity contribution < 1.29 is 19.4 Å². The minimum absolute atomic E-state index is 0.623. The van der Waals surface area contributed by atoms with Gasteiger partial charge in [-0.05, 0) is 29.7 Å². The Labute approximate surface area is 110 Å². The number of carboxylic acid groups (broad SMARTS) is 1. The first-order chi connectivity index (χ1) is 9.15. The molecule has 2 aromatic carbocycles. The van der Waals surface area contributed by atoms with Crippen LogP contribution < -0.4 is 9.47 Å². The maximum Gasteiger partial charge on any atom is 0.328 e. The van der Waals surface area contributed by atoms with Gasteiger partial charge in [0.15, 0.2) is 0 Å². The van der Waals surface area contributed by atoms with E-state index < -0.39 is 5.97 Å². The van der Waals surface area contributed by atoms with Gasteiger partial charge in [-0.3, -0.25) is 0 Å². The lowest BCUT2D eigenvalue weighted by Crippen LogP contribution is -1.91. The van der Waals surface area contributed by atoms with E-state index in [0.29, 0.717) is 11.3 Å². The molecule has 0 saturated carbocycles. The van der Waals surface area contributed by atoms with E-state index in [4.69, 9.17) is 14.6 Å². The molecular weight excluding hydrogens is 244 g/mol. The highest BCUT2D eigenvalue weighted by atomic mass is 16.5. The van der Waals surface area contributed by atoms with Crippen LogP contribution in [0.4, 0.5) is 0 Å². The van der Waals surface area contributed by atoms with Crippen LogP contribution in [-0.2, 0) is 4.79 Å². The van der Waals surface area contributed by atoms with E-state index in [0.717, 1.165) is 22.6 Å². The van der Waals surface area contributed by atoms with Crippen molar-refractivity contribution in [3.05, 3.63) is 42.0 Å². The molecule has 4 heteroatoms. The number of hydrogen-bond donors (Lipinski definition) is 1. The summed E-state index contributed by atoms with van der Waals surface area (Å²) in [6, 6.07) is 9.42. The van der Waals surface area contributed by atoms with Crippen molar-refractivity contribution in [1.82, 2.24) is 0 Å². The molecule has 1 N–H and O–H groups in total. The highest BCUT2D eigenvalue weighted by Gasteiger charge is 2.07. The molecule has 0 aliphatic carbocycles. The van der Waals surface area contributed by atoms with E-state index in [1.165, 1.54) is 6.08 Å². The van der Waals surface area contributed by atoms with Gasteiger partial charge in [-0.1, -0.05) is 12.1 Å². The molecule has 0 bridgehead atoms. The minimum atomic E-state index is -0.998. The monoisotopic (exact) mass is 258 g/mol. The van der Waals surface area contributed by atoms with Gasteiger partial charge in [0.05, 0.1) is 14.2 Å². The first kappa shape index (κ1) is 13.0. The van der Waals surface area contributed by atoms with E-state index >= 15 is 0 Å². The lowest BCUT2D eigenvalue weighted by atomic mass is 10.0. The average molecular weight is 258 g/mol. The van der Waals surface area contributed by atoms with Gasteiger partial charge in [-0.2, -0.15) is 0 Å². The number of benzene rings is 2.